The first-order chi connectivity index (χ1) is 10.8. The minimum Gasteiger partial charge on any atom is -0.299 e. The molecule has 0 bridgehead atoms. The van der Waals surface area contributed by atoms with Gasteiger partial charge in [-0.05, 0) is 37.4 Å². The van der Waals surface area contributed by atoms with E-state index in [9.17, 15) is 0 Å². The van der Waals surface area contributed by atoms with E-state index in [1.165, 1.54) is 44.3 Å². The fourth-order valence-electron chi connectivity index (χ4n) is 2.39. The minimum absolute atomic E-state index is 0.983. The number of benzene rings is 1. The second-order valence-electron chi connectivity index (χ2n) is 5.32. The molecule has 0 unspecified atom stereocenters. The molecule has 0 saturated carbocycles. The smallest absolute Gasteiger partial charge is 0.0233 e. The van der Waals surface area contributed by atoms with Crippen LogP contribution in [0.4, 0.5) is 0 Å². The molecular formula is C21H37N. The fourth-order valence-corrected chi connectivity index (χ4v) is 2.39. The van der Waals surface area contributed by atoms with Crippen molar-refractivity contribution in [1.29, 1.82) is 0 Å². The van der Waals surface area contributed by atoms with Crippen LogP contribution in [0.3, 0.4) is 0 Å². The third-order valence-electron chi connectivity index (χ3n) is 3.53. The van der Waals surface area contributed by atoms with Gasteiger partial charge in [0.1, 0.15) is 0 Å². The van der Waals surface area contributed by atoms with Gasteiger partial charge in [-0.15, -0.1) is 12.8 Å². The number of rotatable bonds is 3. The monoisotopic (exact) mass is 303 g/mol. The normalized spacial score (nSPS) is 14.3. The quantitative estimate of drug-likeness (QED) is 0.619. The van der Waals surface area contributed by atoms with Crippen molar-refractivity contribution in [3.8, 4) is 12.8 Å². The van der Waals surface area contributed by atoms with Crippen molar-refractivity contribution in [3.05, 3.63) is 35.9 Å². The van der Waals surface area contributed by atoms with Crippen LogP contribution in [0.1, 0.15) is 65.9 Å². The highest BCUT2D eigenvalue weighted by Gasteiger charge is 2.17. The fraction of sp³-hybridized carbons (Fsp3) is 0.619. The number of terminal acetylenes is 1. The van der Waals surface area contributed by atoms with Gasteiger partial charge in [-0.3, -0.25) is 4.90 Å². The van der Waals surface area contributed by atoms with Crippen LogP contribution in [0.2, 0.25) is 0 Å². The number of piperidine rings is 1. The van der Waals surface area contributed by atoms with Crippen molar-refractivity contribution >= 4 is 0 Å². The lowest BCUT2D eigenvalue weighted by atomic mass is 9.94. The van der Waals surface area contributed by atoms with Crippen molar-refractivity contribution < 1.29 is 0 Å². The standard InChI is InChI=1S/C14H21N.C3H8.C2H6.C2H2/c1-2-13-8-10-15(11-9-13)12-14-6-4-3-5-7-14;1-3-2;2*1-2/h3-7,13H,2,8-12H2,1H3;3H2,1-2H3;1-2H3;1-2H. The summed E-state index contributed by atoms with van der Waals surface area (Å²) in [6, 6.07) is 10.8. The Hall–Kier alpha value is -1.26. The Bertz CT molecular complexity index is 320. The first kappa shape index (κ1) is 23.0. The van der Waals surface area contributed by atoms with Crippen LogP contribution in [0.15, 0.2) is 30.3 Å². The molecule has 22 heavy (non-hydrogen) atoms. The van der Waals surface area contributed by atoms with Crippen molar-refractivity contribution in [1.82, 2.24) is 4.90 Å². The van der Waals surface area contributed by atoms with Crippen molar-refractivity contribution in [2.45, 2.75) is 66.8 Å². The molecule has 126 valence electrons. The molecule has 0 amide bonds. The second-order valence-corrected chi connectivity index (χ2v) is 5.32. The summed E-state index contributed by atoms with van der Waals surface area (Å²) in [6.07, 6.45) is 13.4. The molecule has 0 atom stereocenters. The van der Waals surface area contributed by atoms with Gasteiger partial charge >= 0.3 is 0 Å². The molecule has 0 radical (unpaired) electrons. The highest BCUT2D eigenvalue weighted by molar-refractivity contribution is 5.14. The Morgan fingerprint density at radius 2 is 1.41 bits per heavy atom. The average Bonchev–Trinajstić information content (AvgIpc) is 2.61. The largest absolute Gasteiger partial charge is 0.299 e. The molecule has 1 heteroatoms. The summed E-state index contributed by atoms with van der Waals surface area (Å²) < 4.78 is 0. The summed E-state index contributed by atoms with van der Waals surface area (Å²) in [5.41, 5.74) is 1.45. The van der Waals surface area contributed by atoms with Gasteiger partial charge < -0.3 is 0 Å². The Kier molecular flexibility index (Phi) is 18.6. The molecule has 1 saturated heterocycles. The van der Waals surface area contributed by atoms with Gasteiger partial charge in [0.05, 0.1) is 0 Å². The predicted octanol–water partition coefficient (Wildman–Crippen LogP) is 6.00. The Balaban J connectivity index is 0. The zero-order valence-corrected chi connectivity index (χ0v) is 15.5. The molecule has 0 aliphatic carbocycles. The van der Waals surface area contributed by atoms with Crippen molar-refractivity contribution in [3.63, 3.8) is 0 Å². The number of hydrogen-bond donors (Lipinski definition) is 0. The van der Waals surface area contributed by atoms with E-state index in [1.807, 2.05) is 13.8 Å². The first-order valence-corrected chi connectivity index (χ1v) is 8.89. The molecule has 1 fully saturated rings. The maximum Gasteiger partial charge on any atom is 0.0233 e. The summed E-state index contributed by atoms with van der Waals surface area (Å²) in [6.45, 7) is 14.3. The highest BCUT2D eigenvalue weighted by Crippen LogP contribution is 2.21. The second kappa shape index (κ2) is 17.8. The molecule has 0 spiro atoms. The molecule has 1 aromatic carbocycles. The summed E-state index contributed by atoms with van der Waals surface area (Å²) in [4.78, 5) is 2.58. The van der Waals surface area contributed by atoms with Gasteiger partial charge in [0.25, 0.3) is 0 Å². The molecule has 1 aliphatic rings. The highest BCUT2D eigenvalue weighted by atomic mass is 15.1. The summed E-state index contributed by atoms with van der Waals surface area (Å²) in [5, 5.41) is 0. The SMILES string of the molecule is C#C.CC.CCC.CCC1CCN(Cc2ccccc2)CC1. The summed E-state index contributed by atoms with van der Waals surface area (Å²) in [5.74, 6) is 0.983. The lowest BCUT2D eigenvalue weighted by Gasteiger charge is -2.31. The Labute approximate surface area is 140 Å². The molecule has 1 aromatic rings. The average molecular weight is 304 g/mol. The van der Waals surface area contributed by atoms with Gasteiger partial charge in [0.15, 0.2) is 0 Å². The van der Waals surface area contributed by atoms with Crippen LogP contribution in [0, 0.1) is 18.8 Å². The van der Waals surface area contributed by atoms with Gasteiger partial charge in [0.2, 0.25) is 0 Å². The first-order valence-electron chi connectivity index (χ1n) is 8.89. The van der Waals surface area contributed by atoms with E-state index in [4.69, 9.17) is 0 Å². The van der Waals surface area contributed by atoms with Crippen LogP contribution in [0.25, 0.3) is 0 Å². The van der Waals surface area contributed by atoms with Gasteiger partial charge in [-0.1, -0.05) is 77.8 Å². The molecule has 1 heterocycles. The van der Waals surface area contributed by atoms with E-state index in [0.717, 1.165) is 12.5 Å². The predicted molar refractivity (Wildman–Crippen MR) is 102 cm³/mol. The Morgan fingerprint density at radius 3 is 1.82 bits per heavy atom. The molecule has 1 aliphatic heterocycles. The molecule has 0 N–H and O–H groups in total. The lowest BCUT2D eigenvalue weighted by molar-refractivity contribution is 0.175. The maximum atomic E-state index is 4.00. The molecule has 0 aromatic heterocycles. The van der Waals surface area contributed by atoms with Gasteiger partial charge in [-0.25, -0.2) is 0 Å². The van der Waals surface area contributed by atoms with Crippen LogP contribution in [0.5, 0.6) is 0 Å². The van der Waals surface area contributed by atoms with Crippen LogP contribution < -0.4 is 0 Å². The summed E-state index contributed by atoms with van der Waals surface area (Å²) in [7, 11) is 0. The molecule has 2 rings (SSSR count). The van der Waals surface area contributed by atoms with E-state index < -0.39 is 0 Å². The van der Waals surface area contributed by atoms with Gasteiger partial charge in [0, 0.05) is 6.54 Å². The van der Waals surface area contributed by atoms with Crippen molar-refractivity contribution in [2.24, 2.45) is 5.92 Å². The lowest BCUT2D eigenvalue weighted by Crippen LogP contribution is -2.32. The topological polar surface area (TPSA) is 3.24 Å². The van der Waals surface area contributed by atoms with Gasteiger partial charge in [-0.2, -0.15) is 0 Å². The van der Waals surface area contributed by atoms with E-state index in [1.54, 1.807) is 0 Å². The minimum atomic E-state index is 0.983. The zero-order valence-electron chi connectivity index (χ0n) is 15.5. The van der Waals surface area contributed by atoms with Crippen molar-refractivity contribution in [2.75, 3.05) is 13.1 Å². The number of nitrogens with zero attached hydrogens (tertiary/aromatic N) is 1. The summed E-state index contributed by atoms with van der Waals surface area (Å²) >= 11 is 0. The van der Waals surface area contributed by atoms with E-state index in [0.29, 0.717) is 0 Å². The number of hydrogen-bond acceptors (Lipinski definition) is 1. The zero-order chi connectivity index (χ0) is 17.2. The van der Waals surface area contributed by atoms with E-state index in [2.05, 4.69) is 68.8 Å². The Morgan fingerprint density at radius 1 is 0.955 bits per heavy atom. The number of likely N-dealkylation sites (tertiary alicyclic amines) is 1. The molecule has 1 nitrogen and oxygen atoms in total. The maximum absolute atomic E-state index is 4.00. The van der Waals surface area contributed by atoms with E-state index in [-0.39, 0.29) is 0 Å². The van der Waals surface area contributed by atoms with E-state index >= 15 is 0 Å². The third-order valence-corrected chi connectivity index (χ3v) is 3.53. The third kappa shape index (κ3) is 11.4. The van der Waals surface area contributed by atoms with Crippen LogP contribution in [-0.2, 0) is 6.54 Å². The van der Waals surface area contributed by atoms with Crippen LogP contribution >= 0.6 is 0 Å². The van der Waals surface area contributed by atoms with Crippen LogP contribution in [-0.4, -0.2) is 18.0 Å². The molecular weight excluding hydrogens is 266 g/mol.